The molecule has 0 aromatic heterocycles. The van der Waals surface area contributed by atoms with Crippen LogP contribution < -0.4 is 0 Å². The highest BCUT2D eigenvalue weighted by atomic mass is 35.5. The number of alkyl halides is 3. The van der Waals surface area contributed by atoms with E-state index in [1.807, 2.05) is 0 Å². The van der Waals surface area contributed by atoms with Crippen LogP contribution in [0, 0.1) is 28.6 Å². The van der Waals surface area contributed by atoms with Gasteiger partial charge in [-0.15, -0.1) is 11.6 Å². The Hall–Kier alpha value is -1.34. The summed E-state index contributed by atoms with van der Waals surface area (Å²) < 4.78 is 38.4. The molecule has 4 rings (SSSR count). The SMILES string of the molecule is CC(=O)O[C@]1(C(=O)CCl)C(C)C[C@H]2[C@@H]3CC(F)C4=CC(=O)CC[C@]4(C)[C@@]3(F)C(O)C[C@@]21C. The third kappa shape index (κ3) is 2.67. The molecule has 9 atom stereocenters. The summed E-state index contributed by atoms with van der Waals surface area (Å²) in [5.41, 5.74) is -6.08. The van der Waals surface area contributed by atoms with Crippen LogP contribution in [0.3, 0.4) is 0 Å². The monoisotopic (exact) mass is 472 g/mol. The molecule has 0 aliphatic heterocycles. The molecule has 3 fully saturated rings. The van der Waals surface area contributed by atoms with Crippen LogP contribution in [-0.4, -0.2) is 52.1 Å². The van der Waals surface area contributed by atoms with Gasteiger partial charge in [-0.1, -0.05) is 20.8 Å². The van der Waals surface area contributed by atoms with E-state index in [9.17, 15) is 19.5 Å². The molecule has 0 aromatic rings. The van der Waals surface area contributed by atoms with Crippen LogP contribution in [0.2, 0.25) is 0 Å². The number of aliphatic hydroxyl groups is 1. The maximum absolute atomic E-state index is 17.2. The fourth-order valence-electron chi connectivity index (χ4n) is 8.07. The van der Waals surface area contributed by atoms with Crippen molar-refractivity contribution in [2.75, 3.05) is 5.88 Å². The molecule has 178 valence electrons. The number of hydrogen-bond acceptors (Lipinski definition) is 5. The number of ketones is 2. The summed E-state index contributed by atoms with van der Waals surface area (Å²) in [5, 5.41) is 11.3. The van der Waals surface area contributed by atoms with Crippen molar-refractivity contribution in [2.45, 2.75) is 83.3 Å². The number of esters is 1. The number of hydrogen-bond donors (Lipinski definition) is 1. The van der Waals surface area contributed by atoms with Crippen molar-refractivity contribution in [1.29, 1.82) is 0 Å². The zero-order valence-electron chi connectivity index (χ0n) is 18.9. The average Bonchev–Trinajstić information content (AvgIpc) is 2.92. The maximum atomic E-state index is 17.2. The van der Waals surface area contributed by atoms with Gasteiger partial charge in [0.25, 0.3) is 0 Å². The van der Waals surface area contributed by atoms with E-state index in [1.54, 1.807) is 20.8 Å². The number of aliphatic hydroxyl groups excluding tert-OH is 1. The van der Waals surface area contributed by atoms with E-state index in [0.717, 1.165) is 0 Å². The Morgan fingerprint density at radius 1 is 1.28 bits per heavy atom. The van der Waals surface area contributed by atoms with Gasteiger partial charge in [-0.25, -0.2) is 8.78 Å². The Morgan fingerprint density at radius 2 is 1.94 bits per heavy atom. The molecule has 0 amide bonds. The number of allylic oxidation sites excluding steroid dienone is 1. The summed E-state index contributed by atoms with van der Waals surface area (Å²) in [6.45, 7) is 6.33. The zero-order chi connectivity index (χ0) is 23.9. The van der Waals surface area contributed by atoms with Crippen molar-refractivity contribution in [3.8, 4) is 0 Å². The molecular weight excluding hydrogens is 442 g/mol. The van der Waals surface area contributed by atoms with Gasteiger partial charge >= 0.3 is 5.97 Å². The van der Waals surface area contributed by atoms with E-state index in [0.29, 0.717) is 6.42 Å². The number of carbonyl (C=O) groups excluding carboxylic acids is 3. The molecule has 0 bridgehead atoms. The topological polar surface area (TPSA) is 80.7 Å². The molecule has 0 aromatic carbocycles. The highest BCUT2D eigenvalue weighted by Gasteiger charge is 2.78. The quantitative estimate of drug-likeness (QED) is 0.498. The standard InChI is InChI=1S/C24H31ClF2O5/c1-12-7-15-16-9-18(26)17-8-14(29)5-6-21(17,3)23(16,27)19(30)10-22(15,4)24(12,20(31)11-25)32-13(2)28/h8,12,15-16,18-19,30H,5-7,9-11H2,1-4H3/t12?,15-,16-,18?,19?,21-,22-,23-,24-/m0/s1. The van der Waals surface area contributed by atoms with Gasteiger partial charge in [0.1, 0.15) is 11.8 Å². The minimum Gasteiger partial charge on any atom is -0.450 e. The van der Waals surface area contributed by atoms with E-state index in [4.69, 9.17) is 16.3 Å². The van der Waals surface area contributed by atoms with Crippen LogP contribution in [0.25, 0.3) is 0 Å². The largest absolute Gasteiger partial charge is 0.450 e. The molecule has 3 saturated carbocycles. The molecule has 4 aliphatic rings. The molecule has 8 heteroatoms. The van der Waals surface area contributed by atoms with Crippen molar-refractivity contribution in [3.63, 3.8) is 0 Å². The second-order valence-corrected chi connectivity index (χ2v) is 11.0. The molecule has 0 heterocycles. The minimum atomic E-state index is -2.16. The Kier molecular flexibility index (Phi) is 5.45. The number of Topliss-reactive ketones (excluding diaryl/α,β-unsaturated/α-hetero) is 1. The van der Waals surface area contributed by atoms with Gasteiger partial charge in [0.2, 0.25) is 0 Å². The third-order valence-electron chi connectivity index (χ3n) is 9.41. The summed E-state index contributed by atoms with van der Waals surface area (Å²) in [4.78, 5) is 37.3. The predicted molar refractivity (Wildman–Crippen MR) is 113 cm³/mol. The van der Waals surface area contributed by atoms with E-state index in [1.165, 1.54) is 13.0 Å². The van der Waals surface area contributed by atoms with Crippen LogP contribution in [0.4, 0.5) is 8.78 Å². The van der Waals surface area contributed by atoms with E-state index in [2.05, 4.69) is 0 Å². The fraction of sp³-hybridized carbons (Fsp3) is 0.792. The molecule has 0 saturated heterocycles. The van der Waals surface area contributed by atoms with Crippen molar-refractivity contribution >= 4 is 29.1 Å². The first-order valence-electron chi connectivity index (χ1n) is 11.3. The van der Waals surface area contributed by atoms with Crippen molar-refractivity contribution in [1.82, 2.24) is 0 Å². The van der Waals surface area contributed by atoms with E-state index >= 15 is 8.78 Å². The molecular formula is C24H31ClF2O5. The number of carbonyl (C=O) groups is 3. The predicted octanol–water partition coefficient (Wildman–Crippen LogP) is 3.89. The third-order valence-corrected chi connectivity index (χ3v) is 9.65. The second-order valence-electron chi connectivity index (χ2n) is 10.7. The molecule has 3 unspecified atom stereocenters. The zero-order valence-corrected chi connectivity index (χ0v) is 19.7. The summed E-state index contributed by atoms with van der Waals surface area (Å²) in [6, 6.07) is 0. The van der Waals surface area contributed by atoms with Gasteiger partial charge in [-0.3, -0.25) is 14.4 Å². The van der Waals surface area contributed by atoms with Crippen molar-refractivity contribution in [2.24, 2.45) is 28.6 Å². The minimum absolute atomic E-state index is 0.0955. The average molecular weight is 473 g/mol. The van der Waals surface area contributed by atoms with Crippen LogP contribution >= 0.6 is 11.6 Å². The Labute approximate surface area is 191 Å². The number of rotatable bonds is 3. The van der Waals surface area contributed by atoms with Gasteiger partial charge < -0.3 is 9.84 Å². The van der Waals surface area contributed by atoms with Gasteiger partial charge in [-0.05, 0) is 43.3 Å². The lowest BCUT2D eigenvalue weighted by molar-refractivity contribution is -0.237. The van der Waals surface area contributed by atoms with Crippen LogP contribution in [0.1, 0.15) is 59.8 Å². The normalized spacial score (nSPS) is 50.1. The Bertz CT molecular complexity index is 907. The van der Waals surface area contributed by atoms with Gasteiger partial charge in [-0.2, -0.15) is 0 Å². The molecule has 0 radical (unpaired) electrons. The molecule has 32 heavy (non-hydrogen) atoms. The maximum Gasteiger partial charge on any atom is 0.303 e. The second kappa shape index (κ2) is 7.33. The first kappa shape index (κ1) is 23.8. The molecule has 4 aliphatic carbocycles. The van der Waals surface area contributed by atoms with Crippen molar-refractivity contribution in [3.05, 3.63) is 11.6 Å². The van der Waals surface area contributed by atoms with Crippen molar-refractivity contribution < 1.29 is 33.0 Å². The number of fused-ring (bicyclic) bond motifs is 5. The molecule has 5 nitrogen and oxygen atoms in total. The van der Waals surface area contributed by atoms with E-state index in [-0.39, 0.29) is 42.9 Å². The van der Waals surface area contributed by atoms with Gasteiger partial charge in [0.05, 0.1) is 12.0 Å². The van der Waals surface area contributed by atoms with Gasteiger partial charge in [0, 0.05) is 36.0 Å². The Balaban J connectivity index is 1.88. The fourth-order valence-corrected chi connectivity index (χ4v) is 8.27. The lowest BCUT2D eigenvalue weighted by Gasteiger charge is -2.64. The van der Waals surface area contributed by atoms with Gasteiger partial charge in [0.15, 0.2) is 17.2 Å². The summed E-state index contributed by atoms with van der Waals surface area (Å²) in [7, 11) is 0. The highest BCUT2D eigenvalue weighted by Crippen LogP contribution is 2.72. The Morgan fingerprint density at radius 3 is 2.53 bits per heavy atom. The summed E-state index contributed by atoms with van der Waals surface area (Å²) in [5.74, 6) is -3.63. The molecule has 1 N–H and O–H groups in total. The van der Waals surface area contributed by atoms with Crippen LogP contribution in [0.5, 0.6) is 0 Å². The molecule has 0 spiro atoms. The first-order valence-corrected chi connectivity index (χ1v) is 11.9. The summed E-state index contributed by atoms with van der Waals surface area (Å²) in [6.07, 6.45) is -1.57. The highest BCUT2D eigenvalue weighted by molar-refractivity contribution is 6.29. The summed E-state index contributed by atoms with van der Waals surface area (Å²) >= 11 is 5.94. The number of ether oxygens (including phenoxy) is 1. The lowest BCUT2D eigenvalue weighted by Crippen LogP contribution is -2.71. The number of halogens is 3. The lowest BCUT2D eigenvalue weighted by atomic mass is 9.43. The smallest absolute Gasteiger partial charge is 0.303 e. The van der Waals surface area contributed by atoms with E-state index < -0.39 is 63.9 Å². The first-order chi connectivity index (χ1) is 14.8. The van der Waals surface area contributed by atoms with Crippen LogP contribution in [0.15, 0.2) is 11.6 Å². The van der Waals surface area contributed by atoms with Crippen LogP contribution in [-0.2, 0) is 19.1 Å².